The molecule has 1 saturated carbocycles. The predicted molar refractivity (Wildman–Crippen MR) is 93.4 cm³/mol. The first-order valence-electron chi connectivity index (χ1n) is 8.94. The van der Waals surface area contributed by atoms with E-state index in [1.807, 2.05) is 25.1 Å². The topological polar surface area (TPSA) is 75.4 Å². The molecule has 130 valence electrons. The summed E-state index contributed by atoms with van der Waals surface area (Å²) in [5, 5.41) is 3.19. The van der Waals surface area contributed by atoms with Crippen LogP contribution in [0.15, 0.2) is 30.3 Å². The average molecular weight is 329 g/mol. The molecule has 3 rings (SSSR count). The molecule has 1 aliphatic heterocycles. The van der Waals surface area contributed by atoms with Crippen molar-refractivity contribution in [3.8, 4) is 0 Å². The molecular weight excluding hydrogens is 302 g/mol. The third-order valence-electron chi connectivity index (χ3n) is 5.67. The Labute approximate surface area is 143 Å². The van der Waals surface area contributed by atoms with Crippen LogP contribution in [0.2, 0.25) is 0 Å². The van der Waals surface area contributed by atoms with Crippen LogP contribution in [0.1, 0.15) is 49.4 Å². The highest BCUT2D eigenvalue weighted by Crippen LogP contribution is 2.32. The Hall–Kier alpha value is -1.88. The van der Waals surface area contributed by atoms with E-state index in [2.05, 4.69) is 5.32 Å². The van der Waals surface area contributed by atoms with E-state index in [0.29, 0.717) is 31.0 Å². The smallest absolute Gasteiger partial charge is 0.254 e. The Kier molecular flexibility index (Phi) is 4.90. The van der Waals surface area contributed by atoms with Crippen molar-refractivity contribution in [1.82, 2.24) is 10.2 Å². The maximum atomic E-state index is 13.0. The number of carbonyl (C=O) groups is 2. The number of nitrogens with one attached hydrogen (secondary N) is 1. The molecule has 1 heterocycles. The van der Waals surface area contributed by atoms with Gasteiger partial charge in [0.05, 0.1) is 0 Å². The number of nitrogens with zero attached hydrogens (tertiary/aromatic N) is 1. The van der Waals surface area contributed by atoms with Gasteiger partial charge in [-0.1, -0.05) is 24.6 Å². The summed E-state index contributed by atoms with van der Waals surface area (Å²) >= 11 is 0. The maximum Gasteiger partial charge on any atom is 0.254 e. The summed E-state index contributed by atoms with van der Waals surface area (Å²) in [5.41, 5.74) is 5.69. The number of nitrogens with two attached hydrogens (primary N) is 1. The van der Waals surface area contributed by atoms with Gasteiger partial charge in [0.1, 0.15) is 5.54 Å². The van der Waals surface area contributed by atoms with Gasteiger partial charge >= 0.3 is 0 Å². The summed E-state index contributed by atoms with van der Waals surface area (Å²) in [4.78, 5) is 27.6. The molecule has 1 saturated heterocycles. The van der Waals surface area contributed by atoms with Crippen molar-refractivity contribution in [2.24, 2.45) is 11.7 Å². The van der Waals surface area contributed by atoms with Crippen LogP contribution in [-0.2, 0) is 4.79 Å². The molecule has 0 spiro atoms. The number of rotatable bonds is 4. The van der Waals surface area contributed by atoms with E-state index in [1.165, 1.54) is 0 Å². The molecule has 1 aliphatic carbocycles. The monoisotopic (exact) mass is 329 g/mol. The quantitative estimate of drug-likeness (QED) is 0.886. The van der Waals surface area contributed by atoms with E-state index in [0.717, 1.165) is 25.7 Å². The molecule has 3 unspecified atom stereocenters. The van der Waals surface area contributed by atoms with Crippen LogP contribution in [0, 0.1) is 5.92 Å². The van der Waals surface area contributed by atoms with Gasteiger partial charge in [-0.3, -0.25) is 9.59 Å². The van der Waals surface area contributed by atoms with Gasteiger partial charge in [0.15, 0.2) is 0 Å². The number of likely N-dealkylation sites (tertiary alicyclic amines) is 1. The lowest BCUT2D eigenvalue weighted by atomic mass is 9.95. The minimum absolute atomic E-state index is 0.0327. The molecule has 0 aromatic heterocycles. The van der Waals surface area contributed by atoms with Crippen LogP contribution in [0.25, 0.3) is 0 Å². The van der Waals surface area contributed by atoms with Gasteiger partial charge in [-0.2, -0.15) is 0 Å². The summed E-state index contributed by atoms with van der Waals surface area (Å²) in [6.45, 7) is 3.12. The molecule has 3 N–H and O–H groups in total. The van der Waals surface area contributed by atoms with Gasteiger partial charge in [0.25, 0.3) is 5.91 Å². The lowest BCUT2D eigenvalue weighted by Crippen LogP contribution is -2.57. The van der Waals surface area contributed by atoms with Crippen molar-refractivity contribution in [2.75, 3.05) is 13.1 Å². The third-order valence-corrected chi connectivity index (χ3v) is 5.67. The van der Waals surface area contributed by atoms with Gasteiger partial charge in [-0.15, -0.1) is 0 Å². The molecule has 0 radical (unpaired) electrons. The Morgan fingerprint density at radius 2 is 2.00 bits per heavy atom. The highest BCUT2D eigenvalue weighted by atomic mass is 16.2. The minimum atomic E-state index is -0.769. The normalized spacial score (nSPS) is 29.7. The van der Waals surface area contributed by atoms with E-state index >= 15 is 0 Å². The van der Waals surface area contributed by atoms with Gasteiger partial charge in [-0.25, -0.2) is 0 Å². The number of hydrogen-bond donors (Lipinski definition) is 2. The van der Waals surface area contributed by atoms with Gasteiger partial charge in [0, 0.05) is 18.2 Å². The van der Waals surface area contributed by atoms with Crippen molar-refractivity contribution >= 4 is 11.8 Å². The molecule has 1 aromatic rings. The fourth-order valence-electron chi connectivity index (χ4n) is 4.09. The van der Waals surface area contributed by atoms with E-state index in [-0.39, 0.29) is 17.9 Å². The van der Waals surface area contributed by atoms with Crippen molar-refractivity contribution in [3.05, 3.63) is 35.9 Å². The average Bonchev–Trinajstić information content (AvgIpc) is 3.22. The fourth-order valence-corrected chi connectivity index (χ4v) is 4.09. The summed E-state index contributed by atoms with van der Waals surface area (Å²) in [5.74, 6) is 0.263. The predicted octanol–water partition coefficient (Wildman–Crippen LogP) is 1.92. The highest BCUT2D eigenvalue weighted by Gasteiger charge is 2.46. The van der Waals surface area contributed by atoms with E-state index < -0.39 is 5.54 Å². The lowest BCUT2D eigenvalue weighted by Gasteiger charge is -2.35. The number of hydrogen-bond acceptors (Lipinski definition) is 3. The zero-order chi connectivity index (χ0) is 17.2. The molecule has 5 nitrogen and oxygen atoms in total. The molecule has 24 heavy (non-hydrogen) atoms. The van der Waals surface area contributed by atoms with Crippen LogP contribution in [-0.4, -0.2) is 41.4 Å². The molecule has 5 heteroatoms. The zero-order valence-corrected chi connectivity index (χ0v) is 14.3. The SMILES string of the molecule is CC1(C(=O)NC2CCCC2CN)CCCN1C(=O)c1ccccc1. The number of benzene rings is 1. The van der Waals surface area contributed by atoms with Crippen LogP contribution in [0.5, 0.6) is 0 Å². The van der Waals surface area contributed by atoms with Gasteiger partial charge in [-0.05, 0) is 57.2 Å². The largest absolute Gasteiger partial charge is 0.351 e. The van der Waals surface area contributed by atoms with Crippen molar-refractivity contribution in [1.29, 1.82) is 0 Å². The van der Waals surface area contributed by atoms with Crippen molar-refractivity contribution in [2.45, 2.75) is 50.6 Å². The molecular formula is C19H27N3O2. The van der Waals surface area contributed by atoms with E-state index in [4.69, 9.17) is 5.73 Å². The summed E-state index contributed by atoms with van der Waals surface area (Å²) in [6, 6.07) is 9.35. The van der Waals surface area contributed by atoms with Gasteiger partial charge in [0.2, 0.25) is 5.91 Å². The standard InChI is InChI=1S/C19H27N3O2/c1-19(18(24)21-16-10-5-9-15(16)13-20)11-6-12-22(19)17(23)14-7-3-2-4-8-14/h2-4,7-8,15-16H,5-6,9-13,20H2,1H3,(H,21,24). The Morgan fingerprint density at radius 1 is 1.25 bits per heavy atom. The number of amides is 2. The van der Waals surface area contributed by atoms with Crippen LogP contribution in [0.3, 0.4) is 0 Å². The minimum Gasteiger partial charge on any atom is -0.351 e. The second kappa shape index (κ2) is 6.93. The summed E-state index contributed by atoms with van der Waals surface area (Å²) < 4.78 is 0. The Bertz CT molecular complexity index is 604. The van der Waals surface area contributed by atoms with Gasteiger partial charge < -0.3 is 16.0 Å². The van der Waals surface area contributed by atoms with Crippen LogP contribution < -0.4 is 11.1 Å². The van der Waals surface area contributed by atoms with Crippen LogP contribution >= 0.6 is 0 Å². The van der Waals surface area contributed by atoms with Crippen molar-refractivity contribution in [3.63, 3.8) is 0 Å². The molecule has 2 aliphatic rings. The Morgan fingerprint density at radius 3 is 2.71 bits per heavy atom. The fraction of sp³-hybridized carbons (Fsp3) is 0.579. The zero-order valence-electron chi connectivity index (χ0n) is 14.3. The Balaban J connectivity index is 1.75. The van der Waals surface area contributed by atoms with Crippen molar-refractivity contribution < 1.29 is 9.59 Å². The lowest BCUT2D eigenvalue weighted by molar-refractivity contribution is -0.130. The molecule has 0 bridgehead atoms. The summed E-state index contributed by atoms with van der Waals surface area (Å²) in [6.07, 6.45) is 4.72. The molecule has 3 atom stereocenters. The first kappa shape index (κ1) is 17.0. The second-order valence-electron chi connectivity index (χ2n) is 7.21. The second-order valence-corrected chi connectivity index (χ2v) is 7.21. The van der Waals surface area contributed by atoms with Crippen LogP contribution in [0.4, 0.5) is 0 Å². The molecule has 2 fully saturated rings. The van der Waals surface area contributed by atoms with E-state index in [9.17, 15) is 9.59 Å². The first-order valence-corrected chi connectivity index (χ1v) is 8.94. The maximum absolute atomic E-state index is 13.0. The molecule has 2 amide bonds. The first-order chi connectivity index (χ1) is 11.6. The summed E-state index contributed by atoms with van der Waals surface area (Å²) in [7, 11) is 0. The van der Waals surface area contributed by atoms with E-state index in [1.54, 1.807) is 17.0 Å². The third kappa shape index (κ3) is 3.05. The highest BCUT2D eigenvalue weighted by molar-refractivity contribution is 5.99. The number of carbonyl (C=O) groups excluding carboxylic acids is 2. The molecule has 1 aromatic carbocycles.